The summed E-state index contributed by atoms with van der Waals surface area (Å²) in [4.78, 5) is 20.7. The molecule has 2 rings (SSSR count). The van der Waals surface area contributed by atoms with E-state index < -0.39 is 5.97 Å². The highest BCUT2D eigenvalue weighted by Crippen LogP contribution is 2.12. The first-order chi connectivity index (χ1) is 7.75. The Kier molecular flexibility index (Phi) is 3.31. The SMILES string of the molecule is O=C(O)CC1CN(c2ccncn2)CCN1. The van der Waals surface area contributed by atoms with Gasteiger partial charge in [0.2, 0.25) is 0 Å². The summed E-state index contributed by atoms with van der Waals surface area (Å²) in [6.07, 6.45) is 3.34. The molecule has 16 heavy (non-hydrogen) atoms. The van der Waals surface area contributed by atoms with Crippen LogP contribution in [0.5, 0.6) is 0 Å². The van der Waals surface area contributed by atoms with Crippen LogP contribution >= 0.6 is 0 Å². The lowest BCUT2D eigenvalue weighted by Crippen LogP contribution is -2.51. The van der Waals surface area contributed by atoms with Crippen molar-refractivity contribution in [3.05, 3.63) is 18.6 Å². The van der Waals surface area contributed by atoms with E-state index in [4.69, 9.17) is 5.11 Å². The fraction of sp³-hybridized carbons (Fsp3) is 0.500. The van der Waals surface area contributed by atoms with E-state index in [1.54, 1.807) is 6.20 Å². The average Bonchev–Trinajstić information content (AvgIpc) is 2.30. The van der Waals surface area contributed by atoms with Crippen LogP contribution in [0.25, 0.3) is 0 Å². The molecule has 1 unspecified atom stereocenters. The summed E-state index contributed by atoms with van der Waals surface area (Å²) >= 11 is 0. The smallest absolute Gasteiger partial charge is 0.304 e. The lowest BCUT2D eigenvalue weighted by atomic mass is 10.1. The molecule has 1 saturated heterocycles. The molecular weight excluding hydrogens is 208 g/mol. The summed E-state index contributed by atoms with van der Waals surface area (Å²) in [6, 6.07) is 1.82. The molecule has 0 radical (unpaired) electrons. The number of carbonyl (C=O) groups is 1. The second-order valence-electron chi connectivity index (χ2n) is 3.76. The molecule has 0 spiro atoms. The maximum Gasteiger partial charge on any atom is 0.304 e. The molecular formula is C10H14N4O2. The van der Waals surface area contributed by atoms with Crippen LogP contribution in [0.15, 0.2) is 18.6 Å². The van der Waals surface area contributed by atoms with Gasteiger partial charge in [0.25, 0.3) is 0 Å². The van der Waals surface area contributed by atoms with Gasteiger partial charge in [-0.15, -0.1) is 0 Å². The topological polar surface area (TPSA) is 78.3 Å². The monoisotopic (exact) mass is 222 g/mol. The first-order valence-electron chi connectivity index (χ1n) is 5.22. The zero-order valence-electron chi connectivity index (χ0n) is 8.83. The Balaban J connectivity index is 1.99. The van der Waals surface area contributed by atoms with E-state index in [1.165, 1.54) is 6.33 Å². The van der Waals surface area contributed by atoms with Gasteiger partial charge in [-0.05, 0) is 6.07 Å². The highest BCUT2D eigenvalue weighted by Gasteiger charge is 2.21. The van der Waals surface area contributed by atoms with E-state index in [9.17, 15) is 4.79 Å². The molecule has 86 valence electrons. The van der Waals surface area contributed by atoms with Gasteiger partial charge in [0.15, 0.2) is 0 Å². The van der Waals surface area contributed by atoms with Gasteiger partial charge in [0.1, 0.15) is 12.1 Å². The van der Waals surface area contributed by atoms with Gasteiger partial charge in [-0.1, -0.05) is 0 Å². The van der Waals surface area contributed by atoms with E-state index in [2.05, 4.69) is 20.2 Å². The molecule has 1 aromatic heterocycles. The first-order valence-corrected chi connectivity index (χ1v) is 5.22. The predicted molar refractivity (Wildman–Crippen MR) is 58.3 cm³/mol. The summed E-state index contributed by atoms with van der Waals surface area (Å²) in [5.41, 5.74) is 0. The minimum atomic E-state index is -0.776. The third kappa shape index (κ3) is 2.66. The Morgan fingerprint density at radius 2 is 2.56 bits per heavy atom. The van der Waals surface area contributed by atoms with Crippen LogP contribution in [0.3, 0.4) is 0 Å². The molecule has 0 amide bonds. The number of carboxylic acids is 1. The zero-order chi connectivity index (χ0) is 11.4. The number of hydrogen-bond donors (Lipinski definition) is 2. The van der Waals surface area contributed by atoms with Gasteiger partial charge in [-0.2, -0.15) is 0 Å². The van der Waals surface area contributed by atoms with Gasteiger partial charge in [-0.3, -0.25) is 4.79 Å². The second kappa shape index (κ2) is 4.89. The zero-order valence-corrected chi connectivity index (χ0v) is 8.83. The molecule has 6 heteroatoms. The van der Waals surface area contributed by atoms with Gasteiger partial charge in [0.05, 0.1) is 6.42 Å². The van der Waals surface area contributed by atoms with Crippen LogP contribution in [-0.2, 0) is 4.79 Å². The lowest BCUT2D eigenvalue weighted by Gasteiger charge is -2.33. The number of nitrogens with one attached hydrogen (secondary N) is 1. The number of anilines is 1. The fourth-order valence-corrected chi connectivity index (χ4v) is 1.85. The molecule has 0 bridgehead atoms. The third-order valence-electron chi connectivity index (χ3n) is 2.57. The predicted octanol–water partition coefficient (Wildman–Crippen LogP) is -0.271. The Morgan fingerprint density at radius 1 is 1.69 bits per heavy atom. The molecule has 1 aromatic rings. The molecule has 0 aliphatic carbocycles. The number of hydrogen-bond acceptors (Lipinski definition) is 5. The van der Waals surface area contributed by atoms with Crippen molar-refractivity contribution < 1.29 is 9.90 Å². The minimum absolute atomic E-state index is 0.0128. The largest absolute Gasteiger partial charge is 0.481 e. The van der Waals surface area contributed by atoms with Gasteiger partial charge in [-0.25, -0.2) is 9.97 Å². The number of aliphatic carboxylic acids is 1. The van der Waals surface area contributed by atoms with Crippen molar-refractivity contribution in [1.29, 1.82) is 0 Å². The number of carboxylic acid groups (broad SMARTS) is 1. The van der Waals surface area contributed by atoms with Crippen LogP contribution in [-0.4, -0.2) is 46.7 Å². The Morgan fingerprint density at radius 3 is 3.25 bits per heavy atom. The number of piperazine rings is 1. The number of rotatable bonds is 3. The van der Waals surface area contributed by atoms with E-state index in [0.717, 1.165) is 18.9 Å². The minimum Gasteiger partial charge on any atom is -0.481 e. The van der Waals surface area contributed by atoms with Crippen LogP contribution in [0.2, 0.25) is 0 Å². The van der Waals surface area contributed by atoms with Crippen molar-refractivity contribution in [2.24, 2.45) is 0 Å². The van der Waals surface area contributed by atoms with Crippen molar-refractivity contribution in [3.8, 4) is 0 Å². The summed E-state index contributed by atoms with van der Waals surface area (Å²) in [5.74, 6) is 0.0777. The van der Waals surface area contributed by atoms with Crippen molar-refractivity contribution in [1.82, 2.24) is 15.3 Å². The molecule has 1 atom stereocenters. The van der Waals surface area contributed by atoms with E-state index in [1.807, 2.05) is 6.07 Å². The van der Waals surface area contributed by atoms with Gasteiger partial charge >= 0.3 is 5.97 Å². The summed E-state index contributed by atoms with van der Waals surface area (Å²) in [7, 11) is 0. The van der Waals surface area contributed by atoms with Gasteiger partial charge in [0, 0.05) is 31.9 Å². The summed E-state index contributed by atoms with van der Waals surface area (Å²) < 4.78 is 0. The van der Waals surface area contributed by atoms with Crippen molar-refractivity contribution in [2.75, 3.05) is 24.5 Å². The first kappa shape index (κ1) is 10.8. The second-order valence-corrected chi connectivity index (χ2v) is 3.76. The maximum atomic E-state index is 10.6. The molecule has 2 heterocycles. The molecule has 2 N–H and O–H groups in total. The van der Waals surface area contributed by atoms with Crippen molar-refractivity contribution in [3.63, 3.8) is 0 Å². The Labute approximate surface area is 93.3 Å². The Bertz CT molecular complexity index is 357. The highest BCUT2D eigenvalue weighted by molar-refractivity contribution is 5.67. The van der Waals surface area contributed by atoms with Crippen LogP contribution in [0.1, 0.15) is 6.42 Å². The number of nitrogens with zero attached hydrogens (tertiary/aromatic N) is 3. The van der Waals surface area contributed by atoms with Crippen molar-refractivity contribution >= 4 is 11.8 Å². The molecule has 0 saturated carbocycles. The summed E-state index contributed by atoms with van der Waals surface area (Å²) in [6.45, 7) is 2.29. The normalized spacial score (nSPS) is 20.8. The number of aromatic nitrogens is 2. The van der Waals surface area contributed by atoms with Crippen LogP contribution in [0.4, 0.5) is 5.82 Å². The van der Waals surface area contributed by atoms with Crippen LogP contribution < -0.4 is 10.2 Å². The standard InChI is InChI=1S/C10H14N4O2/c15-10(16)5-8-6-14(4-3-12-8)9-1-2-11-7-13-9/h1-2,7-8,12H,3-6H2,(H,15,16). The van der Waals surface area contributed by atoms with E-state index in [-0.39, 0.29) is 12.5 Å². The average molecular weight is 222 g/mol. The quantitative estimate of drug-likeness (QED) is 0.733. The Hall–Kier alpha value is -1.69. The summed E-state index contributed by atoms with van der Waals surface area (Å²) in [5, 5.41) is 11.9. The fourth-order valence-electron chi connectivity index (χ4n) is 1.85. The van der Waals surface area contributed by atoms with Crippen LogP contribution in [0, 0.1) is 0 Å². The molecule has 6 nitrogen and oxygen atoms in total. The van der Waals surface area contributed by atoms with E-state index >= 15 is 0 Å². The van der Waals surface area contributed by atoms with E-state index in [0.29, 0.717) is 6.54 Å². The molecule has 1 aliphatic rings. The molecule has 1 fully saturated rings. The maximum absolute atomic E-state index is 10.6. The molecule has 1 aliphatic heterocycles. The van der Waals surface area contributed by atoms with Crippen molar-refractivity contribution in [2.45, 2.75) is 12.5 Å². The third-order valence-corrected chi connectivity index (χ3v) is 2.57. The van der Waals surface area contributed by atoms with Gasteiger partial charge < -0.3 is 15.3 Å². The lowest BCUT2D eigenvalue weighted by molar-refractivity contribution is -0.137. The molecule has 0 aromatic carbocycles. The highest BCUT2D eigenvalue weighted by atomic mass is 16.4.